The maximum Gasteiger partial charge on any atom is 0.123 e. The third-order valence-electron chi connectivity index (χ3n) is 2.30. The average molecular weight is 202 g/mol. The van der Waals surface area contributed by atoms with Crippen LogP contribution in [0.1, 0.15) is 17.2 Å². The van der Waals surface area contributed by atoms with Gasteiger partial charge in [-0.2, -0.15) is 0 Å². The summed E-state index contributed by atoms with van der Waals surface area (Å²) in [6, 6.07) is 15.2. The lowest BCUT2D eigenvalue weighted by molar-refractivity contribution is 0.220. The van der Waals surface area contributed by atoms with Crippen molar-refractivity contribution in [2.45, 2.75) is 6.10 Å². The third kappa shape index (κ3) is 2.22. The molecule has 0 aromatic heterocycles. The van der Waals surface area contributed by atoms with Crippen LogP contribution >= 0.6 is 0 Å². The van der Waals surface area contributed by atoms with Crippen molar-refractivity contribution in [3.05, 3.63) is 71.5 Å². The minimum Gasteiger partial charge on any atom is -0.384 e. The molecule has 0 aliphatic rings. The highest BCUT2D eigenvalue weighted by Crippen LogP contribution is 2.21. The van der Waals surface area contributed by atoms with Crippen molar-refractivity contribution in [1.29, 1.82) is 0 Å². The summed E-state index contributed by atoms with van der Waals surface area (Å²) in [6.45, 7) is 0. The predicted molar refractivity (Wildman–Crippen MR) is 56.9 cm³/mol. The summed E-state index contributed by atoms with van der Waals surface area (Å²) in [5, 5.41) is 9.96. The van der Waals surface area contributed by atoms with Crippen molar-refractivity contribution < 1.29 is 9.50 Å². The van der Waals surface area contributed by atoms with E-state index in [0.717, 1.165) is 5.56 Å². The minimum absolute atomic E-state index is 0.293. The van der Waals surface area contributed by atoms with Crippen molar-refractivity contribution in [3.63, 3.8) is 0 Å². The molecule has 0 heterocycles. The normalized spacial score (nSPS) is 12.4. The highest BCUT2D eigenvalue weighted by Gasteiger charge is 2.08. The SMILES string of the molecule is O[C@@H](c1ccccc1)c1ccc(F)cc1. The van der Waals surface area contributed by atoms with Gasteiger partial charge in [0.2, 0.25) is 0 Å². The molecule has 0 amide bonds. The molecule has 0 unspecified atom stereocenters. The molecule has 0 radical (unpaired) electrons. The fraction of sp³-hybridized carbons (Fsp3) is 0.0769. The maximum atomic E-state index is 12.7. The fourth-order valence-corrected chi connectivity index (χ4v) is 1.47. The van der Waals surface area contributed by atoms with Crippen molar-refractivity contribution in [3.8, 4) is 0 Å². The number of halogens is 1. The van der Waals surface area contributed by atoms with E-state index < -0.39 is 6.10 Å². The number of aliphatic hydroxyl groups is 1. The van der Waals surface area contributed by atoms with Gasteiger partial charge in [-0.25, -0.2) is 4.39 Å². The second-order valence-corrected chi connectivity index (χ2v) is 3.36. The first-order valence-electron chi connectivity index (χ1n) is 4.76. The van der Waals surface area contributed by atoms with Crippen LogP contribution < -0.4 is 0 Å². The van der Waals surface area contributed by atoms with E-state index in [0.29, 0.717) is 5.56 Å². The summed E-state index contributed by atoms with van der Waals surface area (Å²) in [5.41, 5.74) is 1.51. The number of hydrogen-bond acceptors (Lipinski definition) is 1. The highest BCUT2D eigenvalue weighted by molar-refractivity contribution is 5.29. The first-order valence-corrected chi connectivity index (χ1v) is 4.76. The summed E-state index contributed by atoms with van der Waals surface area (Å²) < 4.78 is 12.7. The quantitative estimate of drug-likeness (QED) is 0.793. The molecule has 2 heteroatoms. The highest BCUT2D eigenvalue weighted by atomic mass is 19.1. The Morgan fingerprint density at radius 3 is 1.93 bits per heavy atom. The van der Waals surface area contributed by atoms with E-state index >= 15 is 0 Å². The van der Waals surface area contributed by atoms with Crippen molar-refractivity contribution >= 4 is 0 Å². The molecule has 0 aliphatic carbocycles. The zero-order chi connectivity index (χ0) is 10.7. The maximum absolute atomic E-state index is 12.7. The van der Waals surface area contributed by atoms with Gasteiger partial charge in [0.25, 0.3) is 0 Å². The predicted octanol–water partition coefficient (Wildman–Crippen LogP) is 2.91. The van der Waals surface area contributed by atoms with Gasteiger partial charge in [-0.15, -0.1) is 0 Å². The lowest BCUT2D eigenvalue weighted by atomic mass is 10.0. The molecule has 0 fully saturated rings. The van der Waals surface area contributed by atoms with Crippen LogP contribution in [0.15, 0.2) is 54.6 Å². The molecule has 1 N–H and O–H groups in total. The Balaban J connectivity index is 2.29. The summed E-state index contributed by atoms with van der Waals surface area (Å²) >= 11 is 0. The van der Waals surface area contributed by atoms with Crippen LogP contribution in [-0.2, 0) is 0 Å². The van der Waals surface area contributed by atoms with Gasteiger partial charge in [0.1, 0.15) is 11.9 Å². The molecule has 2 rings (SSSR count). The minimum atomic E-state index is -0.688. The Kier molecular flexibility index (Phi) is 2.79. The van der Waals surface area contributed by atoms with Crippen molar-refractivity contribution in [1.82, 2.24) is 0 Å². The Hall–Kier alpha value is -1.67. The first-order chi connectivity index (χ1) is 7.27. The average Bonchev–Trinajstić information content (AvgIpc) is 2.30. The van der Waals surface area contributed by atoms with E-state index in [1.165, 1.54) is 12.1 Å². The molecular weight excluding hydrogens is 191 g/mol. The summed E-state index contributed by atoms with van der Waals surface area (Å²) in [6.07, 6.45) is -0.688. The van der Waals surface area contributed by atoms with Crippen molar-refractivity contribution in [2.24, 2.45) is 0 Å². The van der Waals surface area contributed by atoms with Gasteiger partial charge in [0.05, 0.1) is 0 Å². The molecule has 76 valence electrons. The smallest absolute Gasteiger partial charge is 0.123 e. The van der Waals surface area contributed by atoms with Crippen LogP contribution in [0.25, 0.3) is 0 Å². The van der Waals surface area contributed by atoms with Gasteiger partial charge < -0.3 is 5.11 Å². The molecule has 1 nitrogen and oxygen atoms in total. The molecule has 0 saturated carbocycles. The Labute approximate surface area is 87.8 Å². The largest absolute Gasteiger partial charge is 0.384 e. The molecule has 0 bridgehead atoms. The second-order valence-electron chi connectivity index (χ2n) is 3.36. The Morgan fingerprint density at radius 1 is 0.800 bits per heavy atom. The van der Waals surface area contributed by atoms with E-state index in [-0.39, 0.29) is 5.82 Å². The van der Waals surface area contributed by atoms with E-state index in [2.05, 4.69) is 0 Å². The fourth-order valence-electron chi connectivity index (χ4n) is 1.47. The monoisotopic (exact) mass is 202 g/mol. The van der Waals surface area contributed by atoms with Crippen LogP contribution in [-0.4, -0.2) is 5.11 Å². The van der Waals surface area contributed by atoms with Gasteiger partial charge >= 0.3 is 0 Å². The first kappa shape index (κ1) is 9.87. The number of rotatable bonds is 2. The van der Waals surface area contributed by atoms with Crippen LogP contribution in [0.4, 0.5) is 4.39 Å². The van der Waals surface area contributed by atoms with Crippen molar-refractivity contribution in [2.75, 3.05) is 0 Å². The Morgan fingerprint density at radius 2 is 1.33 bits per heavy atom. The number of benzene rings is 2. The molecule has 0 saturated heterocycles. The number of hydrogen-bond donors (Lipinski definition) is 1. The van der Waals surface area contributed by atoms with Crippen LogP contribution in [0.3, 0.4) is 0 Å². The third-order valence-corrected chi connectivity index (χ3v) is 2.30. The molecule has 0 aliphatic heterocycles. The van der Waals surface area contributed by atoms with Gasteiger partial charge in [0, 0.05) is 0 Å². The lowest BCUT2D eigenvalue weighted by Gasteiger charge is -2.10. The van der Waals surface area contributed by atoms with Gasteiger partial charge in [-0.05, 0) is 23.3 Å². The summed E-state index contributed by atoms with van der Waals surface area (Å²) in [5.74, 6) is -0.293. The van der Waals surface area contributed by atoms with Crippen LogP contribution in [0, 0.1) is 5.82 Å². The van der Waals surface area contributed by atoms with E-state index in [4.69, 9.17) is 0 Å². The summed E-state index contributed by atoms with van der Waals surface area (Å²) in [7, 11) is 0. The molecule has 2 aromatic rings. The van der Waals surface area contributed by atoms with Crippen LogP contribution in [0.2, 0.25) is 0 Å². The van der Waals surface area contributed by atoms with Gasteiger partial charge in [-0.3, -0.25) is 0 Å². The Bertz CT molecular complexity index is 422. The summed E-state index contributed by atoms with van der Waals surface area (Å²) in [4.78, 5) is 0. The van der Waals surface area contributed by atoms with E-state index in [1.807, 2.05) is 30.3 Å². The lowest BCUT2D eigenvalue weighted by Crippen LogP contribution is -1.98. The van der Waals surface area contributed by atoms with Gasteiger partial charge in [-0.1, -0.05) is 42.5 Å². The molecule has 2 aromatic carbocycles. The van der Waals surface area contributed by atoms with Gasteiger partial charge in [0.15, 0.2) is 0 Å². The van der Waals surface area contributed by atoms with Crippen LogP contribution in [0.5, 0.6) is 0 Å². The molecule has 1 atom stereocenters. The topological polar surface area (TPSA) is 20.2 Å². The standard InChI is InChI=1S/C13H11FO/c14-12-8-6-11(7-9-12)13(15)10-4-2-1-3-5-10/h1-9,13,15H/t13-/m0/s1. The number of aliphatic hydroxyl groups excluding tert-OH is 1. The van der Waals surface area contributed by atoms with E-state index in [1.54, 1.807) is 12.1 Å². The zero-order valence-electron chi connectivity index (χ0n) is 8.10. The second kappa shape index (κ2) is 4.24. The molecule has 0 spiro atoms. The molecule has 15 heavy (non-hydrogen) atoms. The zero-order valence-corrected chi connectivity index (χ0v) is 8.10. The molecular formula is C13H11FO. The van der Waals surface area contributed by atoms with E-state index in [9.17, 15) is 9.50 Å².